The second kappa shape index (κ2) is 5.01. The number of H-pyrrole nitrogens is 1. The Morgan fingerprint density at radius 3 is 2.48 bits per heavy atom. The molecule has 5 heteroatoms. The zero-order valence-electron chi connectivity index (χ0n) is 12.2. The summed E-state index contributed by atoms with van der Waals surface area (Å²) in [5, 5.41) is 11.2. The Balaban J connectivity index is 1.77. The summed E-state index contributed by atoms with van der Waals surface area (Å²) in [7, 11) is 0. The van der Waals surface area contributed by atoms with Crippen molar-refractivity contribution in [3.63, 3.8) is 0 Å². The number of nitrogens with one attached hydrogen (secondary N) is 1. The largest absolute Gasteiger partial charge is 0.380 e. The molecule has 1 aromatic heterocycles. The number of aromatic nitrogens is 1. The van der Waals surface area contributed by atoms with Gasteiger partial charge in [0.05, 0.1) is 13.2 Å². The van der Waals surface area contributed by atoms with E-state index in [0.29, 0.717) is 29.7 Å². The molecule has 1 fully saturated rings. The second-order valence-electron chi connectivity index (χ2n) is 5.85. The van der Waals surface area contributed by atoms with Crippen molar-refractivity contribution < 1.29 is 14.2 Å². The molecule has 2 aromatic carbocycles. The lowest BCUT2D eigenvalue weighted by atomic mass is 9.91. The van der Waals surface area contributed by atoms with Gasteiger partial charge in [-0.15, -0.1) is 0 Å². The smallest absolute Gasteiger partial charge is 0.256 e. The minimum Gasteiger partial charge on any atom is -0.380 e. The van der Waals surface area contributed by atoms with Gasteiger partial charge in [-0.3, -0.25) is 4.79 Å². The number of benzene rings is 2. The van der Waals surface area contributed by atoms with E-state index in [2.05, 4.69) is 4.98 Å². The summed E-state index contributed by atoms with van der Waals surface area (Å²) in [4.78, 5) is 14.9. The van der Waals surface area contributed by atoms with E-state index in [1.54, 1.807) is 6.07 Å². The van der Waals surface area contributed by atoms with Gasteiger partial charge < -0.3 is 14.8 Å². The fourth-order valence-corrected chi connectivity index (χ4v) is 2.81. The Labute approximate surface area is 131 Å². The minimum absolute atomic E-state index is 0.296. The third-order valence-corrected chi connectivity index (χ3v) is 4.22. The lowest BCUT2D eigenvalue weighted by Crippen LogP contribution is -2.46. The van der Waals surface area contributed by atoms with Crippen LogP contribution in [0.15, 0.2) is 53.3 Å². The molecule has 4 rings (SSSR count). The molecule has 2 N–H and O–H groups in total. The first-order valence-corrected chi connectivity index (χ1v) is 7.29. The summed E-state index contributed by atoms with van der Waals surface area (Å²) in [5.41, 5.74) is 1.02. The van der Waals surface area contributed by atoms with E-state index < -0.39 is 11.4 Å². The molecule has 1 saturated heterocycles. The first-order valence-electron chi connectivity index (χ1n) is 7.29. The topological polar surface area (TPSA) is 62.3 Å². The van der Waals surface area contributed by atoms with E-state index in [-0.39, 0.29) is 5.56 Å². The number of ether oxygens (including phenoxy) is 1. The number of rotatable bonds is 2. The standard InChI is InChI=1S/C18H14FNO3/c19-14-6-3-12-7-16(20-17(21)15(12)8-14)11-1-4-13(5-2-11)18(22)9-23-10-18/h1-8,22H,9-10H2,(H,20,21). The maximum Gasteiger partial charge on any atom is 0.256 e. The van der Waals surface area contributed by atoms with Crippen LogP contribution in [0.5, 0.6) is 0 Å². The lowest BCUT2D eigenvalue weighted by molar-refractivity contribution is -0.184. The monoisotopic (exact) mass is 311 g/mol. The minimum atomic E-state index is -0.910. The maximum atomic E-state index is 13.2. The van der Waals surface area contributed by atoms with Gasteiger partial charge in [0, 0.05) is 11.1 Å². The van der Waals surface area contributed by atoms with Gasteiger partial charge in [0.15, 0.2) is 0 Å². The Bertz CT molecular complexity index is 943. The first-order chi connectivity index (χ1) is 11.0. The molecule has 116 valence electrons. The molecule has 0 radical (unpaired) electrons. The van der Waals surface area contributed by atoms with Crippen LogP contribution >= 0.6 is 0 Å². The van der Waals surface area contributed by atoms with Crippen molar-refractivity contribution in [3.8, 4) is 11.3 Å². The Morgan fingerprint density at radius 1 is 1.09 bits per heavy atom. The van der Waals surface area contributed by atoms with Crippen molar-refractivity contribution in [2.24, 2.45) is 0 Å². The number of hydrogen-bond acceptors (Lipinski definition) is 3. The molecule has 3 aromatic rings. The molecule has 1 aliphatic heterocycles. The molecule has 4 nitrogen and oxygen atoms in total. The highest BCUT2D eigenvalue weighted by atomic mass is 19.1. The number of hydrogen-bond donors (Lipinski definition) is 2. The van der Waals surface area contributed by atoms with Gasteiger partial charge in [0.1, 0.15) is 11.4 Å². The molecular formula is C18H14FNO3. The molecule has 0 unspecified atom stereocenters. The summed E-state index contributed by atoms with van der Waals surface area (Å²) >= 11 is 0. The molecule has 0 aliphatic carbocycles. The van der Waals surface area contributed by atoms with Crippen molar-refractivity contribution in [1.82, 2.24) is 4.98 Å². The van der Waals surface area contributed by atoms with Crippen LogP contribution in [0, 0.1) is 5.82 Å². The summed E-state index contributed by atoms with van der Waals surface area (Å²) in [6.07, 6.45) is 0. The number of halogens is 1. The molecule has 2 heterocycles. The van der Waals surface area contributed by atoms with Crippen molar-refractivity contribution >= 4 is 10.8 Å². The van der Waals surface area contributed by atoms with E-state index in [0.717, 1.165) is 11.1 Å². The highest BCUT2D eigenvalue weighted by Gasteiger charge is 2.37. The van der Waals surface area contributed by atoms with Gasteiger partial charge >= 0.3 is 0 Å². The Hall–Kier alpha value is -2.50. The molecule has 0 saturated carbocycles. The summed E-state index contributed by atoms with van der Waals surface area (Å²) in [6, 6.07) is 13.3. The first kappa shape index (κ1) is 14.1. The van der Waals surface area contributed by atoms with Crippen LogP contribution in [0.4, 0.5) is 4.39 Å². The fraction of sp³-hybridized carbons (Fsp3) is 0.167. The third kappa shape index (κ3) is 2.34. The molecule has 23 heavy (non-hydrogen) atoms. The van der Waals surface area contributed by atoms with Gasteiger partial charge in [-0.1, -0.05) is 30.3 Å². The van der Waals surface area contributed by atoms with Gasteiger partial charge in [-0.25, -0.2) is 4.39 Å². The Kier molecular flexibility index (Phi) is 3.07. The third-order valence-electron chi connectivity index (χ3n) is 4.22. The van der Waals surface area contributed by atoms with Gasteiger partial charge in [-0.2, -0.15) is 0 Å². The zero-order chi connectivity index (χ0) is 16.0. The van der Waals surface area contributed by atoms with Crippen LogP contribution in [-0.2, 0) is 10.3 Å². The fourth-order valence-electron chi connectivity index (χ4n) is 2.81. The van der Waals surface area contributed by atoms with E-state index >= 15 is 0 Å². The summed E-state index contributed by atoms with van der Waals surface area (Å²) in [5.74, 6) is -0.434. The van der Waals surface area contributed by atoms with E-state index in [1.165, 1.54) is 12.1 Å². The summed E-state index contributed by atoms with van der Waals surface area (Å²) < 4.78 is 18.3. The average Bonchev–Trinajstić information content (AvgIpc) is 2.53. The number of aliphatic hydroxyl groups is 1. The number of fused-ring (bicyclic) bond motifs is 1. The highest BCUT2D eigenvalue weighted by Crippen LogP contribution is 2.30. The Morgan fingerprint density at radius 2 is 1.83 bits per heavy atom. The summed E-state index contributed by atoms with van der Waals surface area (Å²) in [6.45, 7) is 0.593. The molecular weight excluding hydrogens is 297 g/mol. The van der Waals surface area contributed by atoms with Gasteiger partial charge in [0.2, 0.25) is 0 Å². The van der Waals surface area contributed by atoms with Crippen LogP contribution in [0.1, 0.15) is 5.56 Å². The maximum absolute atomic E-state index is 13.2. The quantitative estimate of drug-likeness (QED) is 0.764. The van der Waals surface area contributed by atoms with Crippen LogP contribution in [-0.4, -0.2) is 23.3 Å². The van der Waals surface area contributed by atoms with Crippen LogP contribution < -0.4 is 5.56 Å². The second-order valence-corrected chi connectivity index (χ2v) is 5.85. The zero-order valence-corrected chi connectivity index (χ0v) is 12.2. The molecule has 0 spiro atoms. The molecule has 1 aliphatic rings. The SMILES string of the molecule is O=c1[nH]c(-c2ccc(C3(O)COC3)cc2)cc2ccc(F)cc12. The van der Waals surface area contributed by atoms with Gasteiger partial charge in [-0.05, 0) is 34.7 Å². The van der Waals surface area contributed by atoms with Crippen LogP contribution in [0.25, 0.3) is 22.0 Å². The average molecular weight is 311 g/mol. The highest BCUT2D eigenvalue weighted by molar-refractivity contribution is 5.85. The normalized spacial score (nSPS) is 16.3. The van der Waals surface area contributed by atoms with Crippen molar-refractivity contribution in [2.45, 2.75) is 5.60 Å². The van der Waals surface area contributed by atoms with Crippen molar-refractivity contribution in [2.75, 3.05) is 13.2 Å². The van der Waals surface area contributed by atoms with Crippen molar-refractivity contribution in [3.05, 3.63) is 70.3 Å². The van der Waals surface area contributed by atoms with Crippen LogP contribution in [0.3, 0.4) is 0 Å². The van der Waals surface area contributed by atoms with E-state index in [1.807, 2.05) is 30.3 Å². The predicted molar refractivity (Wildman–Crippen MR) is 84.7 cm³/mol. The number of pyridine rings is 1. The van der Waals surface area contributed by atoms with E-state index in [9.17, 15) is 14.3 Å². The van der Waals surface area contributed by atoms with Crippen LogP contribution in [0.2, 0.25) is 0 Å². The number of aromatic amines is 1. The molecule has 0 amide bonds. The van der Waals surface area contributed by atoms with E-state index in [4.69, 9.17) is 4.74 Å². The molecule has 0 atom stereocenters. The van der Waals surface area contributed by atoms with Gasteiger partial charge in [0.25, 0.3) is 5.56 Å². The predicted octanol–water partition coefficient (Wildman–Crippen LogP) is 2.55. The van der Waals surface area contributed by atoms with Crippen molar-refractivity contribution in [1.29, 1.82) is 0 Å². The molecule has 0 bridgehead atoms. The lowest BCUT2D eigenvalue weighted by Gasteiger charge is -2.36.